The first-order chi connectivity index (χ1) is 9.76. The van der Waals surface area contributed by atoms with Crippen LogP contribution in [-0.2, 0) is 0 Å². The van der Waals surface area contributed by atoms with Crippen LogP contribution in [0.1, 0.15) is 51.3 Å². The smallest absolute Gasteiger partial charge is 0.0606 e. The van der Waals surface area contributed by atoms with Gasteiger partial charge in [-0.15, -0.1) is 0 Å². The summed E-state index contributed by atoms with van der Waals surface area (Å²) in [7, 11) is 0. The van der Waals surface area contributed by atoms with Crippen molar-refractivity contribution >= 4 is 5.69 Å². The number of hydrogen-bond acceptors (Lipinski definition) is 4. The maximum atomic E-state index is 9.23. The van der Waals surface area contributed by atoms with E-state index in [2.05, 4.69) is 41.2 Å². The summed E-state index contributed by atoms with van der Waals surface area (Å²) in [6.45, 7) is 6.24. The van der Waals surface area contributed by atoms with Crippen LogP contribution in [0.25, 0.3) is 0 Å². The van der Waals surface area contributed by atoms with E-state index >= 15 is 0 Å². The Bertz CT molecular complexity index is 389. The minimum absolute atomic E-state index is 0.201. The fourth-order valence-electron chi connectivity index (χ4n) is 2.62. The zero-order chi connectivity index (χ0) is 14.4. The SMILES string of the molecule is CCCNC(C)c1ccc(N(CCO)C2CCC2)cn1. The van der Waals surface area contributed by atoms with E-state index in [1.54, 1.807) is 0 Å². The summed E-state index contributed by atoms with van der Waals surface area (Å²) in [5, 5.41) is 12.7. The molecule has 2 N–H and O–H groups in total. The predicted molar refractivity (Wildman–Crippen MR) is 83.0 cm³/mol. The normalized spacial score (nSPS) is 16.8. The molecule has 2 rings (SSSR count). The Hall–Kier alpha value is -1.13. The van der Waals surface area contributed by atoms with Gasteiger partial charge in [-0.05, 0) is 51.3 Å². The van der Waals surface area contributed by atoms with E-state index < -0.39 is 0 Å². The van der Waals surface area contributed by atoms with Gasteiger partial charge in [-0.2, -0.15) is 0 Å². The number of aliphatic hydroxyl groups is 1. The van der Waals surface area contributed by atoms with Crippen molar-refractivity contribution in [1.82, 2.24) is 10.3 Å². The van der Waals surface area contributed by atoms with E-state index in [0.717, 1.165) is 24.3 Å². The number of pyridine rings is 1. The van der Waals surface area contributed by atoms with E-state index in [4.69, 9.17) is 0 Å². The van der Waals surface area contributed by atoms with Gasteiger partial charge in [-0.25, -0.2) is 0 Å². The highest BCUT2D eigenvalue weighted by atomic mass is 16.3. The summed E-state index contributed by atoms with van der Waals surface area (Å²) in [4.78, 5) is 6.89. The Morgan fingerprint density at radius 1 is 1.45 bits per heavy atom. The quantitative estimate of drug-likeness (QED) is 0.766. The van der Waals surface area contributed by atoms with Crippen LogP contribution in [0.15, 0.2) is 18.3 Å². The highest BCUT2D eigenvalue weighted by molar-refractivity contribution is 5.46. The van der Waals surface area contributed by atoms with Crippen molar-refractivity contribution in [2.45, 2.75) is 51.6 Å². The van der Waals surface area contributed by atoms with Gasteiger partial charge in [-0.3, -0.25) is 4.98 Å². The molecule has 0 radical (unpaired) electrons. The summed E-state index contributed by atoms with van der Waals surface area (Å²) < 4.78 is 0. The second-order valence-corrected chi connectivity index (χ2v) is 5.62. The molecule has 0 saturated heterocycles. The fourth-order valence-corrected chi connectivity index (χ4v) is 2.62. The number of nitrogens with zero attached hydrogens (tertiary/aromatic N) is 2. The van der Waals surface area contributed by atoms with Gasteiger partial charge in [0.2, 0.25) is 0 Å². The fraction of sp³-hybridized carbons (Fsp3) is 0.688. The monoisotopic (exact) mass is 277 g/mol. The molecule has 1 fully saturated rings. The van der Waals surface area contributed by atoms with Crippen molar-refractivity contribution in [2.24, 2.45) is 0 Å². The third kappa shape index (κ3) is 3.70. The van der Waals surface area contributed by atoms with E-state index in [1.165, 1.54) is 19.3 Å². The first-order valence-electron chi connectivity index (χ1n) is 7.83. The lowest BCUT2D eigenvalue weighted by atomic mass is 9.91. The number of aliphatic hydroxyl groups excluding tert-OH is 1. The molecule has 20 heavy (non-hydrogen) atoms. The van der Waals surface area contributed by atoms with E-state index in [1.807, 2.05) is 6.20 Å². The lowest BCUT2D eigenvalue weighted by Crippen LogP contribution is -2.42. The van der Waals surface area contributed by atoms with Crippen LogP contribution in [0.2, 0.25) is 0 Å². The molecule has 0 amide bonds. The third-order valence-corrected chi connectivity index (χ3v) is 4.10. The van der Waals surface area contributed by atoms with Gasteiger partial charge >= 0.3 is 0 Å². The number of anilines is 1. The van der Waals surface area contributed by atoms with Crippen LogP contribution < -0.4 is 10.2 Å². The molecule has 0 bridgehead atoms. The molecule has 1 aliphatic carbocycles. The minimum atomic E-state index is 0.201. The van der Waals surface area contributed by atoms with Crippen LogP contribution in [0.5, 0.6) is 0 Å². The Kier molecular flexibility index (Phi) is 5.80. The molecule has 0 aliphatic heterocycles. The van der Waals surface area contributed by atoms with Crippen molar-refractivity contribution in [3.8, 4) is 0 Å². The first-order valence-corrected chi connectivity index (χ1v) is 7.83. The van der Waals surface area contributed by atoms with E-state index in [9.17, 15) is 5.11 Å². The number of rotatable bonds is 8. The summed E-state index contributed by atoms with van der Waals surface area (Å²) in [5.41, 5.74) is 2.22. The molecule has 1 aromatic heterocycles. The van der Waals surface area contributed by atoms with Gasteiger partial charge in [-0.1, -0.05) is 6.92 Å². The molecule has 1 aromatic rings. The number of hydrogen-bond donors (Lipinski definition) is 2. The molecular formula is C16H27N3O. The van der Waals surface area contributed by atoms with Crippen LogP contribution in [0, 0.1) is 0 Å². The summed E-state index contributed by atoms with van der Waals surface area (Å²) >= 11 is 0. The average molecular weight is 277 g/mol. The second-order valence-electron chi connectivity index (χ2n) is 5.62. The highest BCUT2D eigenvalue weighted by Crippen LogP contribution is 2.29. The largest absolute Gasteiger partial charge is 0.395 e. The van der Waals surface area contributed by atoms with Crippen LogP contribution in [0.3, 0.4) is 0 Å². The molecule has 1 saturated carbocycles. The lowest BCUT2D eigenvalue weighted by molar-refractivity contribution is 0.283. The molecule has 4 heteroatoms. The van der Waals surface area contributed by atoms with Gasteiger partial charge < -0.3 is 15.3 Å². The Morgan fingerprint density at radius 2 is 2.25 bits per heavy atom. The lowest BCUT2D eigenvalue weighted by Gasteiger charge is -2.38. The predicted octanol–water partition coefficient (Wildman–Crippen LogP) is 2.49. The summed E-state index contributed by atoms with van der Waals surface area (Å²) in [6.07, 6.45) is 6.85. The van der Waals surface area contributed by atoms with Crippen molar-refractivity contribution in [3.05, 3.63) is 24.0 Å². The third-order valence-electron chi connectivity index (χ3n) is 4.10. The van der Waals surface area contributed by atoms with Crippen molar-refractivity contribution in [1.29, 1.82) is 0 Å². The van der Waals surface area contributed by atoms with Gasteiger partial charge in [0.1, 0.15) is 0 Å². The molecule has 4 nitrogen and oxygen atoms in total. The number of aromatic nitrogens is 1. The van der Waals surface area contributed by atoms with Crippen molar-refractivity contribution in [3.63, 3.8) is 0 Å². The topological polar surface area (TPSA) is 48.4 Å². The Morgan fingerprint density at radius 3 is 2.75 bits per heavy atom. The Balaban J connectivity index is 2.01. The van der Waals surface area contributed by atoms with Crippen LogP contribution in [-0.4, -0.2) is 35.8 Å². The summed E-state index contributed by atoms with van der Waals surface area (Å²) in [6, 6.07) is 5.12. The van der Waals surface area contributed by atoms with Gasteiger partial charge in [0, 0.05) is 18.6 Å². The first kappa shape index (κ1) is 15.3. The maximum Gasteiger partial charge on any atom is 0.0606 e. The molecule has 0 aromatic carbocycles. The maximum absolute atomic E-state index is 9.23. The molecule has 1 aliphatic rings. The molecule has 1 atom stereocenters. The molecule has 112 valence electrons. The van der Waals surface area contributed by atoms with Gasteiger partial charge in [0.15, 0.2) is 0 Å². The summed E-state index contributed by atoms with van der Waals surface area (Å²) in [5.74, 6) is 0. The molecule has 1 unspecified atom stereocenters. The van der Waals surface area contributed by atoms with E-state index in [0.29, 0.717) is 18.6 Å². The molecule has 1 heterocycles. The van der Waals surface area contributed by atoms with Crippen LogP contribution >= 0.6 is 0 Å². The Labute approximate surface area is 122 Å². The number of nitrogens with one attached hydrogen (secondary N) is 1. The minimum Gasteiger partial charge on any atom is -0.395 e. The van der Waals surface area contributed by atoms with Gasteiger partial charge in [0.05, 0.1) is 24.2 Å². The standard InChI is InChI=1S/C16H27N3O/c1-3-9-17-13(2)16-8-7-15(12-18-16)19(10-11-20)14-5-4-6-14/h7-8,12-14,17,20H,3-6,9-11H2,1-2H3. The zero-order valence-electron chi connectivity index (χ0n) is 12.7. The van der Waals surface area contributed by atoms with Crippen molar-refractivity contribution in [2.75, 3.05) is 24.6 Å². The average Bonchev–Trinajstić information content (AvgIpc) is 2.42. The van der Waals surface area contributed by atoms with E-state index in [-0.39, 0.29) is 6.61 Å². The molecular weight excluding hydrogens is 250 g/mol. The van der Waals surface area contributed by atoms with Crippen LogP contribution in [0.4, 0.5) is 5.69 Å². The zero-order valence-corrected chi connectivity index (χ0v) is 12.7. The second kappa shape index (κ2) is 7.60. The highest BCUT2D eigenvalue weighted by Gasteiger charge is 2.25. The molecule has 0 spiro atoms. The van der Waals surface area contributed by atoms with Crippen molar-refractivity contribution < 1.29 is 5.11 Å². The van der Waals surface area contributed by atoms with Gasteiger partial charge in [0.25, 0.3) is 0 Å².